The van der Waals surface area contributed by atoms with Crippen LogP contribution in [0.5, 0.6) is 0 Å². The number of aryl methyl sites for hydroxylation is 1. The summed E-state index contributed by atoms with van der Waals surface area (Å²) in [5, 5.41) is 1.11. The fourth-order valence-electron chi connectivity index (χ4n) is 2.09. The minimum Gasteiger partial charge on any atom is -0.288 e. The Balaban J connectivity index is 2.09. The highest BCUT2D eigenvalue weighted by Gasteiger charge is 2.14. The fourth-order valence-corrected chi connectivity index (χ4v) is 3.46. The minimum atomic E-state index is 0.107. The first kappa shape index (κ1) is 12.6. The van der Waals surface area contributed by atoms with Gasteiger partial charge in [-0.2, -0.15) is 0 Å². The van der Waals surface area contributed by atoms with Gasteiger partial charge in [0.25, 0.3) is 0 Å². The summed E-state index contributed by atoms with van der Waals surface area (Å²) in [6.45, 7) is 1.97. The lowest BCUT2D eigenvalue weighted by molar-refractivity contribution is 0.104. The Kier molecular flexibility index (Phi) is 3.25. The molecule has 1 heterocycles. The molecule has 0 aliphatic carbocycles. The Morgan fingerprint density at radius 1 is 1.11 bits per heavy atom. The third kappa shape index (κ3) is 2.36. The number of hydrogen-bond acceptors (Lipinski definition) is 2. The van der Waals surface area contributed by atoms with E-state index in [2.05, 4.69) is 15.9 Å². The van der Waals surface area contributed by atoms with E-state index in [4.69, 9.17) is 0 Å². The van der Waals surface area contributed by atoms with Crippen LogP contribution in [0, 0.1) is 6.92 Å². The molecule has 3 aromatic rings. The normalized spacial score (nSPS) is 10.8. The van der Waals surface area contributed by atoms with Gasteiger partial charge in [-0.3, -0.25) is 4.79 Å². The lowest BCUT2D eigenvalue weighted by Gasteiger charge is -2.01. The molecule has 94 valence electrons. The zero-order chi connectivity index (χ0) is 13.4. The Morgan fingerprint density at radius 2 is 1.89 bits per heavy atom. The molecule has 0 saturated heterocycles. The number of carbonyl (C=O) groups is 1. The first-order valence-electron chi connectivity index (χ1n) is 5.94. The van der Waals surface area contributed by atoms with Crippen LogP contribution in [0.4, 0.5) is 0 Å². The third-order valence-electron chi connectivity index (χ3n) is 3.09. The van der Waals surface area contributed by atoms with Gasteiger partial charge in [-0.15, -0.1) is 11.3 Å². The average Bonchev–Trinajstić information content (AvgIpc) is 2.81. The number of rotatable bonds is 2. The van der Waals surface area contributed by atoms with Crippen molar-refractivity contribution in [3.8, 4) is 0 Å². The van der Waals surface area contributed by atoms with Crippen LogP contribution in [0.2, 0.25) is 0 Å². The van der Waals surface area contributed by atoms with E-state index in [1.165, 1.54) is 0 Å². The largest absolute Gasteiger partial charge is 0.288 e. The molecule has 0 bridgehead atoms. The van der Waals surface area contributed by atoms with Crippen LogP contribution >= 0.6 is 27.3 Å². The van der Waals surface area contributed by atoms with Crippen molar-refractivity contribution in [2.24, 2.45) is 0 Å². The standard InChI is InChI=1S/C16H11BrOS/c1-10-4-2-3-5-13(10)16(18)15-9-11-8-12(17)6-7-14(11)19-15/h2-9H,1H3. The fraction of sp³-hybridized carbons (Fsp3) is 0.0625. The van der Waals surface area contributed by atoms with Crippen molar-refractivity contribution in [2.75, 3.05) is 0 Å². The maximum absolute atomic E-state index is 12.5. The van der Waals surface area contributed by atoms with Crippen LogP contribution in [0.25, 0.3) is 10.1 Å². The zero-order valence-electron chi connectivity index (χ0n) is 10.3. The number of halogens is 1. The second kappa shape index (κ2) is 4.91. The van der Waals surface area contributed by atoms with Crippen molar-refractivity contribution >= 4 is 43.1 Å². The van der Waals surface area contributed by atoms with E-state index in [0.717, 1.165) is 30.6 Å². The van der Waals surface area contributed by atoms with Crippen LogP contribution < -0.4 is 0 Å². The summed E-state index contributed by atoms with van der Waals surface area (Å²) in [4.78, 5) is 13.3. The van der Waals surface area contributed by atoms with Gasteiger partial charge in [-0.25, -0.2) is 0 Å². The van der Waals surface area contributed by atoms with Crippen LogP contribution in [0.15, 0.2) is 53.0 Å². The Morgan fingerprint density at radius 3 is 2.68 bits per heavy atom. The van der Waals surface area contributed by atoms with Gasteiger partial charge in [0.2, 0.25) is 5.78 Å². The zero-order valence-corrected chi connectivity index (χ0v) is 12.7. The molecule has 0 radical (unpaired) electrons. The van der Waals surface area contributed by atoms with Gasteiger partial charge >= 0.3 is 0 Å². The van der Waals surface area contributed by atoms with E-state index in [0.29, 0.717) is 0 Å². The Hall–Kier alpha value is -1.45. The van der Waals surface area contributed by atoms with Gasteiger partial charge in [0.05, 0.1) is 4.88 Å². The molecule has 0 fully saturated rings. The Labute approximate surface area is 124 Å². The van der Waals surface area contributed by atoms with E-state index in [9.17, 15) is 4.79 Å². The molecule has 19 heavy (non-hydrogen) atoms. The molecule has 0 aliphatic heterocycles. The van der Waals surface area contributed by atoms with Crippen molar-refractivity contribution in [1.29, 1.82) is 0 Å². The van der Waals surface area contributed by atoms with Crippen LogP contribution in [0.1, 0.15) is 20.8 Å². The highest BCUT2D eigenvalue weighted by molar-refractivity contribution is 9.10. The minimum absolute atomic E-state index is 0.107. The van der Waals surface area contributed by atoms with Crippen molar-refractivity contribution in [2.45, 2.75) is 6.92 Å². The quantitative estimate of drug-likeness (QED) is 0.590. The van der Waals surface area contributed by atoms with Crippen molar-refractivity contribution in [3.63, 3.8) is 0 Å². The number of ketones is 1. The van der Waals surface area contributed by atoms with Crippen LogP contribution in [-0.4, -0.2) is 5.78 Å². The third-order valence-corrected chi connectivity index (χ3v) is 4.70. The molecular weight excluding hydrogens is 320 g/mol. The van der Waals surface area contributed by atoms with Crippen molar-refractivity contribution in [1.82, 2.24) is 0 Å². The molecule has 0 spiro atoms. The molecule has 0 saturated carbocycles. The molecule has 0 aliphatic rings. The van der Waals surface area contributed by atoms with Crippen LogP contribution in [-0.2, 0) is 0 Å². The maximum atomic E-state index is 12.5. The summed E-state index contributed by atoms with van der Waals surface area (Å²) >= 11 is 5.00. The lowest BCUT2D eigenvalue weighted by atomic mass is 10.0. The monoisotopic (exact) mass is 330 g/mol. The second-order valence-corrected chi connectivity index (χ2v) is 6.44. The van der Waals surface area contributed by atoms with E-state index >= 15 is 0 Å². The van der Waals surface area contributed by atoms with Gasteiger partial charge in [0, 0.05) is 14.7 Å². The summed E-state index contributed by atoms with van der Waals surface area (Å²) in [6, 6.07) is 15.8. The van der Waals surface area contributed by atoms with Gasteiger partial charge in [-0.1, -0.05) is 40.2 Å². The molecule has 2 aromatic carbocycles. The highest BCUT2D eigenvalue weighted by Crippen LogP contribution is 2.30. The number of fused-ring (bicyclic) bond motifs is 1. The summed E-state index contributed by atoms with van der Waals surface area (Å²) in [5.74, 6) is 0.107. The highest BCUT2D eigenvalue weighted by atomic mass is 79.9. The molecule has 3 rings (SSSR count). The molecule has 1 aromatic heterocycles. The SMILES string of the molecule is Cc1ccccc1C(=O)c1cc2cc(Br)ccc2s1. The predicted molar refractivity (Wildman–Crippen MR) is 84.1 cm³/mol. The van der Waals surface area contributed by atoms with Gasteiger partial charge in [0.1, 0.15) is 0 Å². The average molecular weight is 331 g/mol. The number of carbonyl (C=O) groups excluding carboxylic acids is 1. The molecule has 0 atom stereocenters. The van der Waals surface area contributed by atoms with E-state index in [1.807, 2.05) is 55.5 Å². The van der Waals surface area contributed by atoms with Crippen molar-refractivity contribution in [3.05, 3.63) is 69.0 Å². The number of thiophene rings is 1. The Bertz CT molecular complexity index is 773. The molecule has 1 nitrogen and oxygen atoms in total. The molecular formula is C16H11BrOS. The lowest BCUT2D eigenvalue weighted by Crippen LogP contribution is -2.00. The second-order valence-electron chi connectivity index (χ2n) is 4.44. The summed E-state index contributed by atoms with van der Waals surface area (Å²) in [7, 11) is 0. The van der Waals surface area contributed by atoms with E-state index in [-0.39, 0.29) is 5.78 Å². The summed E-state index contributed by atoms with van der Waals surface area (Å²) in [6.07, 6.45) is 0. The number of benzene rings is 2. The first-order valence-corrected chi connectivity index (χ1v) is 7.55. The summed E-state index contributed by atoms with van der Waals surface area (Å²) in [5.41, 5.74) is 1.80. The number of hydrogen-bond donors (Lipinski definition) is 0. The van der Waals surface area contributed by atoms with E-state index < -0.39 is 0 Å². The maximum Gasteiger partial charge on any atom is 0.203 e. The van der Waals surface area contributed by atoms with Crippen molar-refractivity contribution < 1.29 is 4.79 Å². The summed E-state index contributed by atoms with van der Waals surface area (Å²) < 4.78 is 2.17. The molecule has 0 unspecified atom stereocenters. The molecule has 3 heteroatoms. The smallest absolute Gasteiger partial charge is 0.203 e. The molecule has 0 N–H and O–H groups in total. The topological polar surface area (TPSA) is 17.1 Å². The predicted octanol–water partition coefficient (Wildman–Crippen LogP) is 5.20. The first-order chi connectivity index (χ1) is 9.15. The van der Waals surface area contributed by atoms with Crippen LogP contribution in [0.3, 0.4) is 0 Å². The molecule has 0 amide bonds. The van der Waals surface area contributed by atoms with E-state index in [1.54, 1.807) is 11.3 Å². The van der Waals surface area contributed by atoms with Gasteiger partial charge < -0.3 is 0 Å². The van der Waals surface area contributed by atoms with Gasteiger partial charge in [-0.05, 0) is 42.1 Å². The van der Waals surface area contributed by atoms with Gasteiger partial charge in [0.15, 0.2) is 0 Å².